The summed E-state index contributed by atoms with van der Waals surface area (Å²) in [5.41, 5.74) is -0.118. The van der Waals surface area contributed by atoms with Gasteiger partial charge in [0.05, 0.1) is 0 Å². The second-order valence-corrected chi connectivity index (χ2v) is 7.65. The van der Waals surface area contributed by atoms with E-state index in [0.29, 0.717) is 19.6 Å². The molecule has 1 fully saturated rings. The molecule has 0 aliphatic carbocycles. The number of hydrogen-bond donors (Lipinski definition) is 1. The molecule has 26 heavy (non-hydrogen) atoms. The number of unbranched alkanes of at least 4 members (excludes halogenated alkanes) is 6. The van der Waals surface area contributed by atoms with Crippen LogP contribution in [0.4, 0.5) is 0 Å². The van der Waals surface area contributed by atoms with Gasteiger partial charge in [0, 0.05) is 26.1 Å². The topological polar surface area (TPSA) is 72.8 Å². The molecule has 5 heteroatoms. The average Bonchev–Trinajstić information content (AvgIpc) is 2.61. The molecule has 148 valence electrons. The highest BCUT2D eigenvalue weighted by molar-refractivity contribution is 6.18. The van der Waals surface area contributed by atoms with Gasteiger partial charge in [0.15, 0.2) is 5.78 Å². The number of cyclic esters (lactones) is 1. The SMILES string of the molecule is CCCCCCCCCC1CC(O)=C(C(=O)CC2CCOCC2)C(=O)O1. The number of esters is 1. The molecule has 2 aliphatic rings. The van der Waals surface area contributed by atoms with Crippen LogP contribution >= 0.6 is 0 Å². The molecule has 0 aromatic rings. The van der Waals surface area contributed by atoms with Crippen LogP contribution in [0.2, 0.25) is 0 Å². The minimum atomic E-state index is -0.640. The van der Waals surface area contributed by atoms with E-state index in [4.69, 9.17) is 9.47 Å². The van der Waals surface area contributed by atoms with Gasteiger partial charge in [-0.1, -0.05) is 45.4 Å². The van der Waals surface area contributed by atoms with Crippen molar-refractivity contribution in [3.05, 3.63) is 11.3 Å². The Morgan fingerprint density at radius 2 is 1.73 bits per heavy atom. The molecule has 1 atom stereocenters. The molecule has 0 saturated carbocycles. The second kappa shape index (κ2) is 11.4. The van der Waals surface area contributed by atoms with Crippen molar-refractivity contribution < 1.29 is 24.2 Å². The first-order valence-electron chi connectivity index (χ1n) is 10.4. The summed E-state index contributed by atoms with van der Waals surface area (Å²) in [6.45, 7) is 3.53. The Labute approximate surface area is 157 Å². The zero-order valence-corrected chi connectivity index (χ0v) is 16.1. The summed E-state index contributed by atoms with van der Waals surface area (Å²) in [7, 11) is 0. The van der Waals surface area contributed by atoms with Crippen molar-refractivity contribution >= 4 is 11.8 Å². The lowest BCUT2D eigenvalue weighted by atomic mass is 9.90. The molecular weight excluding hydrogens is 332 g/mol. The van der Waals surface area contributed by atoms with E-state index in [1.165, 1.54) is 32.1 Å². The fourth-order valence-corrected chi connectivity index (χ4v) is 3.77. The van der Waals surface area contributed by atoms with Crippen LogP contribution in [0, 0.1) is 5.92 Å². The van der Waals surface area contributed by atoms with Crippen LogP contribution in [0.3, 0.4) is 0 Å². The standard InChI is InChI=1S/C21H34O5/c1-2-3-4-5-6-7-8-9-17-15-19(23)20(21(24)26-17)18(22)14-16-10-12-25-13-11-16/h16-17,23H,2-15H2,1H3. The third-order valence-electron chi connectivity index (χ3n) is 5.41. The number of hydrogen-bond acceptors (Lipinski definition) is 5. The number of carbonyl (C=O) groups excluding carboxylic acids is 2. The average molecular weight is 366 g/mol. The maximum absolute atomic E-state index is 12.4. The van der Waals surface area contributed by atoms with Gasteiger partial charge in [-0.05, 0) is 31.6 Å². The summed E-state index contributed by atoms with van der Waals surface area (Å²) in [6.07, 6.45) is 11.1. The molecule has 2 heterocycles. The number of ketones is 1. The summed E-state index contributed by atoms with van der Waals surface area (Å²) in [6, 6.07) is 0. The van der Waals surface area contributed by atoms with Crippen molar-refractivity contribution in [1.29, 1.82) is 0 Å². The number of Topliss-reactive ketones (excluding diaryl/α,β-unsaturated/α-hetero) is 1. The van der Waals surface area contributed by atoms with Crippen LogP contribution in [0.1, 0.15) is 84.0 Å². The van der Waals surface area contributed by atoms with Gasteiger partial charge in [0.1, 0.15) is 17.4 Å². The summed E-state index contributed by atoms with van der Waals surface area (Å²) in [5, 5.41) is 10.2. The molecule has 0 amide bonds. The number of aliphatic hydroxyl groups excluding tert-OH is 1. The van der Waals surface area contributed by atoms with E-state index in [1.54, 1.807) is 0 Å². The third kappa shape index (κ3) is 6.75. The van der Waals surface area contributed by atoms with Crippen LogP contribution in [0.15, 0.2) is 11.3 Å². The highest BCUT2D eigenvalue weighted by atomic mass is 16.5. The molecule has 2 aliphatic heterocycles. The highest BCUT2D eigenvalue weighted by Gasteiger charge is 2.34. The quantitative estimate of drug-likeness (QED) is 0.328. The molecule has 1 N–H and O–H groups in total. The first kappa shape index (κ1) is 20.9. The van der Waals surface area contributed by atoms with Gasteiger partial charge in [-0.25, -0.2) is 4.79 Å². The van der Waals surface area contributed by atoms with E-state index >= 15 is 0 Å². The number of aliphatic hydroxyl groups is 1. The highest BCUT2D eigenvalue weighted by Crippen LogP contribution is 2.27. The zero-order valence-electron chi connectivity index (χ0n) is 16.1. The number of rotatable bonds is 11. The van der Waals surface area contributed by atoms with Gasteiger partial charge in [-0.2, -0.15) is 0 Å². The lowest BCUT2D eigenvalue weighted by molar-refractivity contribution is -0.148. The number of ether oxygens (including phenoxy) is 2. The third-order valence-corrected chi connectivity index (χ3v) is 5.41. The van der Waals surface area contributed by atoms with Crippen molar-refractivity contribution in [2.24, 2.45) is 5.92 Å². The summed E-state index contributed by atoms with van der Waals surface area (Å²) >= 11 is 0. The van der Waals surface area contributed by atoms with Crippen molar-refractivity contribution in [1.82, 2.24) is 0 Å². The first-order valence-corrected chi connectivity index (χ1v) is 10.4. The van der Waals surface area contributed by atoms with Gasteiger partial charge in [-0.15, -0.1) is 0 Å². The van der Waals surface area contributed by atoms with E-state index < -0.39 is 5.97 Å². The fourth-order valence-electron chi connectivity index (χ4n) is 3.77. The lowest BCUT2D eigenvalue weighted by Gasteiger charge is -2.25. The van der Waals surface area contributed by atoms with Gasteiger partial charge in [0.25, 0.3) is 0 Å². The first-order chi connectivity index (χ1) is 12.6. The van der Waals surface area contributed by atoms with Gasteiger partial charge < -0.3 is 14.6 Å². The Hall–Kier alpha value is -1.36. The maximum atomic E-state index is 12.4. The van der Waals surface area contributed by atoms with E-state index in [0.717, 1.165) is 32.1 Å². The van der Waals surface area contributed by atoms with Gasteiger partial charge in [-0.3, -0.25) is 4.79 Å². The van der Waals surface area contributed by atoms with Crippen LogP contribution in [0.25, 0.3) is 0 Å². The Kier molecular flexibility index (Phi) is 9.16. The Bertz CT molecular complexity index is 491. The summed E-state index contributed by atoms with van der Waals surface area (Å²) in [4.78, 5) is 24.6. The lowest BCUT2D eigenvalue weighted by Crippen LogP contribution is -2.31. The zero-order chi connectivity index (χ0) is 18.8. The molecule has 2 rings (SSSR count). The van der Waals surface area contributed by atoms with Crippen LogP contribution in [-0.4, -0.2) is 36.2 Å². The second-order valence-electron chi connectivity index (χ2n) is 7.65. The predicted molar refractivity (Wildman–Crippen MR) is 99.9 cm³/mol. The Morgan fingerprint density at radius 1 is 1.08 bits per heavy atom. The van der Waals surface area contributed by atoms with Gasteiger partial charge in [0.2, 0.25) is 0 Å². The normalized spacial score (nSPS) is 21.7. The number of carbonyl (C=O) groups is 2. The van der Waals surface area contributed by atoms with Gasteiger partial charge >= 0.3 is 5.97 Å². The summed E-state index contributed by atoms with van der Waals surface area (Å²) < 4.78 is 10.7. The van der Waals surface area contributed by atoms with E-state index in [9.17, 15) is 14.7 Å². The smallest absolute Gasteiger partial charge is 0.345 e. The molecule has 1 unspecified atom stereocenters. The molecule has 0 bridgehead atoms. The van der Waals surface area contributed by atoms with Crippen molar-refractivity contribution in [3.63, 3.8) is 0 Å². The monoisotopic (exact) mass is 366 g/mol. The Morgan fingerprint density at radius 3 is 2.38 bits per heavy atom. The predicted octanol–water partition coefficient (Wildman–Crippen LogP) is 4.64. The molecule has 0 spiro atoms. The van der Waals surface area contributed by atoms with Crippen molar-refractivity contribution in [2.45, 2.75) is 90.1 Å². The minimum absolute atomic E-state index is 0.0775. The molecule has 0 aromatic carbocycles. The summed E-state index contributed by atoms with van der Waals surface area (Å²) in [5.74, 6) is -0.770. The van der Waals surface area contributed by atoms with Crippen LogP contribution in [-0.2, 0) is 19.1 Å². The molecule has 1 saturated heterocycles. The van der Waals surface area contributed by atoms with Crippen LogP contribution < -0.4 is 0 Å². The Balaban J connectivity index is 1.74. The van der Waals surface area contributed by atoms with E-state index in [1.807, 2.05) is 0 Å². The molecule has 0 aromatic heterocycles. The minimum Gasteiger partial charge on any atom is -0.511 e. The molecule has 0 radical (unpaired) electrons. The van der Waals surface area contributed by atoms with Crippen LogP contribution in [0.5, 0.6) is 0 Å². The molecule has 5 nitrogen and oxygen atoms in total. The van der Waals surface area contributed by atoms with Crippen molar-refractivity contribution in [2.75, 3.05) is 13.2 Å². The van der Waals surface area contributed by atoms with E-state index in [2.05, 4.69) is 6.92 Å². The van der Waals surface area contributed by atoms with Crippen molar-refractivity contribution in [3.8, 4) is 0 Å². The van der Waals surface area contributed by atoms with E-state index in [-0.39, 0.29) is 35.6 Å². The largest absolute Gasteiger partial charge is 0.511 e. The fraction of sp³-hybridized carbons (Fsp3) is 0.810. The molecular formula is C21H34O5. The maximum Gasteiger partial charge on any atom is 0.345 e.